The van der Waals surface area contributed by atoms with Gasteiger partial charge in [0.2, 0.25) is 5.91 Å². The van der Waals surface area contributed by atoms with Crippen molar-refractivity contribution in [2.24, 2.45) is 23.2 Å². The summed E-state index contributed by atoms with van der Waals surface area (Å²) in [5.41, 5.74) is 2.06. The Morgan fingerprint density at radius 2 is 1.77 bits per heavy atom. The molecule has 0 atom stereocenters. The van der Waals surface area contributed by atoms with Gasteiger partial charge in [0.05, 0.1) is 11.2 Å². The van der Waals surface area contributed by atoms with Gasteiger partial charge in [-0.3, -0.25) is 4.79 Å². The molecule has 0 spiro atoms. The summed E-state index contributed by atoms with van der Waals surface area (Å²) in [4.78, 5) is 17.9. The molecule has 1 radical (unpaired) electrons. The number of carbonyl (C=O) groups is 1. The Hall–Kier alpha value is -2.14. The lowest BCUT2D eigenvalue weighted by atomic mass is 9.49. The molecule has 2 aromatic rings. The molecule has 6 rings (SSSR count). The highest BCUT2D eigenvalue weighted by molar-refractivity contribution is 6.01. The summed E-state index contributed by atoms with van der Waals surface area (Å²) in [7, 11) is 0. The van der Waals surface area contributed by atoms with E-state index in [4.69, 9.17) is 4.98 Å². The van der Waals surface area contributed by atoms with E-state index in [2.05, 4.69) is 35.5 Å². The summed E-state index contributed by atoms with van der Waals surface area (Å²) in [6.45, 7) is 6.14. The average Bonchev–Trinajstić information content (AvgIpc) is 2.82. The summed E-state index contributed by atoms with van der Waals surface area (Å²) in [6.07, 6.45) is 15.1. The van der Waals surface area contributed by atoms with Gasteiger partial charge in [-0.05, 0) is 92.4 Å². The van der Waals surface area contributed by atoms with Crippen LogP contribution in [0.5, 0.6) is 0 Å². The van der Waals surface area contributed by atoms with Crippen molar-refractivity contribution in [2.75, 3.05) is 23.7 Å². The maximum absolute atomic E-state index is 13.2. The van der Waals surface area contributed by atoms with Crippen molar-refractivity contribution in [3.63, 3.8) is 0 Å². The van der Waals surface area contributed by atoms with Crippen LogP contribution >= 0.6 is 0 Å². The Morgan fingerprint density at radius 1 is 1.00 bits per heavy atom. The smallest absolute Gasteiger partial charge is 0.224 e. The van der Waals surface area contributed by atoms with E-state index in [0.717, 1.165) is 59.7 Å². The molecule has 5 heteroatoms. The first-order valence-electron chi connectivity index (χ1n) is 14.1. The van der Waals surface area contributed by atoms with Crippen LogP contribution in [0.25, 0.3) is 10.9 Å². The van der Waals surface area contributed by atoms with Crippen molar-refractivity contribution in [3.8, 4) is 0 Å². The van der Waals surface area contributed by atoms with Crippen LogP contribution in [-0.2, 0) is 4.79 Å². The largest absolute Gasteiger partial charge is 0.369 e. The number of hydrogen-bond acceptors (Lipinski definition) is 4. The Balaban J connectivity index is 1.11. The third-order valence-corrected chi connectivity index (χ3v) is 8.63. The van der Waals surface area contributed by atoms with Gasteiger partial charge in [-0.25, -0.2) is 4.98 Å². The molecule has 5 nitrogen and oxygen atoms in total. The van der Waals surface area contributed by atoms with Gasteiger partial charge in [-0.15, -0.1) is 0 Å². The number of unbranched alkanes of at least 4 members (excludes halogenated alkanes) is 4. The fourth-order valence-corrected chi connectivity index (χ4v) is 7.54. The molecule has 35 heavy (non-hydrogen) atoms. The minimum atomic E-state index is 0.179. The highest BCUT2D eigenvalue weighted by Crippen LogP contribution is 2.61. The van der Waals surface area contributed by atoms with E-state index in [1.165, 1.54) is 64.2 Å². The predicted molar refractivity (Wildman–Crippen MR) is 145 cm³/mol. The molecule has 0 saturated heterocycles. The first kappa shape index (κ1) is 24.5. The molecule has 4 bridgehead atoms. The van der Waals surface area contributed by atoms with E-state index >= 15 is 0 Å². The molecule has 4 aliphatic rings. The number of nitrogens with zero attached hydrogens (tertiary/aromatic N) is 1. The third-order valence-electron chi connectivity index (χ3n) is 8.63. The van der Waals surface area contributed by atoms with Crippen molar-refractivity contribution in [2.45, 2.75) is 84.0 Å². The van der Waals surface area contributed by atoms with Crippen LogP contribution in [-0.4, -0.2) is 24.0 Å². The lowest BCUT2D eigenvalue weighted by Gasteiger charge is -2.56. The highest BCUT2D eigenvalue weighted by Gasteiger charge is 2.51. The normalized spacial score (nSPS) is 26.8. The fourth-order valence-electron chi connectivity index (χ4n) is 7.54. The molecule has 189 valence electrons. The number of benzene rings is 1. The van der Waals surface area contributed by atoms with Gasteiger partial charge in [-0.1, -0.05) is 38.7 Å². The second-order valence-electron chi connectivity index (χ2n) is 11.6. The van der Waals surface area contributed by atoms with E-state index in [1.54, 1.807) is 0 Å². The first-order chi connectivity index (χ1) is 17.1. The molecule has 4 fully saturated rings. The summed E-state index contributed by atoms with van der Waals surface area (Å²) in [5, 5.41) is 11.1. The van der Waals surface area contributed by atoms with Crippen molar-refractivity contribution in [3.05, 3.63) is 36.9 Å². The van der Waals surface area contributed by atoms with Crippen LogP contribution in [0.2, 0.25) is 0 Å². The highest BCUT2D eigenvalue weighted by atomic mass is 16.1. The number of pyridine rings is 1. The molecule has 0 aliphatic heterocycles. The molecule has 1 amide bonds. The van der Waals surface area contributed by atoms with Crippen molar-refractivity contribution in [1.82, 2.24) is 10.3 Å². The van der Waals surface area contributed by atoms with Gasteiger partial charge in [0.15, 0.2) is 0 Å². The summed E-state index contributed by atoms with van der Waals surface area (Å²) in [6, 6.07) is 10.1. The minimum Gasteiger partial charge on any atom is -0.369 e. The van der Waals surface area contributed by atoms with Crippen molar-refractivity contribution >= 4 is 28.3 Å². The molecule has 1 aromatic heterocycles. The van der Waals surface area contributed by atoms with Crippen LogP contribution in [0.3, 0.4) is 0 Å². The van der Waals surface area contributed by atoms with E-state index in [1.807, 2.05) is 24.3 Å². The van der Waals surface area contributed by atoms with E-state index < -0.39 is 0 Å². The Labute approximate surface area is 211 Å². The number of nitrogens with one attached hydrogen (secondary N) is 3. The van der Waals surface area contributed by atoms with Crippen molar-refractivity contribution < 1.29 is 4.79 Å². The van der Waals surface area contributed by atoms with Crippen LogP contribution in [0, 0.1) is 29.7 Å². The van der Waals surface area contributed by atoms with E-state index in [0.29, 0.717) is 6.42 Å². The maximum Gasteiger partial charge on any atom is 0.224 e. The molecular weight excluding hydrogens is 432 g/mol. The summed E-state index contributed by atoms with van der Waals surface area (Å²) >= 11 is 0. The average molecular weight is 476 g/mol. The second kappa shape index (κ2) is 11.3. The van der Waals surface area contributed by atoms with Gasteiger partial charge < -0.3 is 16.0 Å². The monoisotopic (exact) mass is 475 g/mol. The lowest BCUT2D eigenvalue weighted by molar-refractivity contribution is -0.124. The molecule has 1 heterocycles. The van der Waals surface area contributed by atoms with Crippen LogP contribution in [0.15, 0.2) is 30.3 Å². The van der Waals surface area contributed by atoms with Gasteiger partial charge in [0.1, 0.15) is 5.82 Å². The number of carbonyl (C=O) groups excluding carboxylic acids is 1. The summed E-state index contributed by atoms with van der Waals surface area (Å²) < 4.78 is 0. The molecular formula is C30H43N4O. The quantitative estimate of drug-likeness (QED) is 0.275. The predicted octanol–water partition coefficient (Wildman–Crippen LogP) is 6.91. The van der Waals surface area contributed by atoms with Gasteiger partial charge in [0, 0.05) is 31.4 Å². The van der Waals surface area contributed by atoms with Crippen molar-refractivity contribution in [1.29, 1.82) is 0 Å². The maximum atomic E-state index is 13.2. The standard InChI is InChI=1S/C30H43N4O/c1-2-3-4-5-6-12-31-13-14-32-28-11-10-25-26(33-28)8-7-9-27(25)34-29(35)21-30-18-22-15-23(19-30)17-24(16-22)20-30/h7-12,22-24,31H,2-6,13-21H2,1H3,(H,32,33)(H,34,35). The summed E-state index contributed by atoms with van der Waals surface area (Å²) in [5.74, 6) is 3.68. The zero-order valence-corrected chi connectivity index (χ0v) is 21.5. The number of amides is 1. The number of rotatable bonds is 13. The second-order valence-corrected chi connectivity index (χ2v) is 11.6. The molecule has 0 unspecified atom stereocenters. The Bertz CT molecular complexity index is 968. The third kappa shape index (κ3) is 6.17. The number of anilines is 2. The van der Waals surface area contributed by atoms with Crippen LogP contribution < -0.4 is 16.0 Å². The minimum absolute atomic E-state index is 0.179. The van der Waals surface area contributed by atoms with E-state index in [9.17, 15) is 4.79 Å². The SMILES string of the molecule is CCCCCC[CH]NCCNc1ccc2c(NC(=O)CC34CC5CC(CC(C5)C3)C4)cccc2n1. The number of fused-ring (bicyclic) bond motifs is 1. The van der Waals surface area contributed by atoms with Gasteiger partial charge in [-0.2, -0.15) is 0 Å². The lowest BCUT2D eigenvalue weighted by Crippen LogP contribution is -2.47. The number of hydrogen-bond donors (Lipinski definition) is 3. The van der Waals surface area contributed by atoms with Gasteiger partial charge in [0.25, 0.3) is 0 Å². The molecule has 4 aliphatic carbocycles. The van der Waals surface area contributed by atoms with Crippen LogP contribution in [0.1, 0.15) is 84.0 Å². The zero-order valence-electron chi connectivity index (χ0n) is 21.5. The zero-order chi connectivity index (χ0) is 24.1. The topological polar surface area (TPSA) is 66.0 Å². The Morgan fingerprint density at radius 3 is 2.51 bits per heavy atom. The van der Waals surface area contributed by atoms with E-state index in [-0.39, 0.29) is 11.3 Å². The molecule has 3 N–H and O–H groups in total. The molecule has 4 saturated carbocycles. The van der Waals surface area contributed by atoms with Crippen LogP contribution in [0.4, 0.5) is 11.5 Å². The Kier molecular flexibility index (Phi) is 7.91. The van der Waals surface area contributed by atoms with Gasteiger partial charge >= 0.3 is 0 Å². The number of aromatic nitrogens is 1. The first-order valence-corrected chi connectivity index (χ1v) is 14.1. The molecule has 1 aromatic carbocycles. The fraction of sp³-hybridized carbons (Fsp3) is 0.633.